The van der Waals surface area contributed by atoms with Gasteiger partial charge in [-0.3, -0.25) is 4.31 Å². The molecule has 0 spiro atoms. The Kier molecular flexibility index (Phi) is 3.33. The lowest BCUT2D eigenvalue weighted by Gasteiger charge is -2.17. The average molecular weight is 267 g/mol. The molecule has 7 heteroatoms. The van der Waals surface area contributed by atoms with Crippen molar-refractivity contribution in [1.29, 1.82) is 0 Å². The molecule has 0 amide bonds. The first kappa shape index (κ1) is 12.6. The monoisotopic (exact) mass is 267 g/mol. The van der Waals surface area contributed by atoms with Gasteiger partial charge >= 0.3 is 0 Å². The van der Waals surface area contributed by atoms with Crippen molar-refractivity contribution in [3.63, 3.8) is 0 Å². The molecule has 0 atom stereocenters. The van der Waals surface area contributed by atoms with Gasteiger partial charge < -0.3 is 4.52 Å². The summed E-state index contributed by atoms with van der Waals surface area (Å²) in [5.41, 5.74) is 1.13. The minimum absolute atomic E-state index is 0.206. The fourth-order valence-electron chi connectivity index (χ4n) is 1.40. The lowest BCUT2D eigenvalue weighted by molar-refractivity contribution is 0.413. The van der Waals surface area contributed by atoms with Crippen LogP contribution in [-0.2, 0) is 15.8 Å². The molecule has 2 heterocycles. The van der Waals surface area contributed by atoms with Crippen molar-refractivity contribution in [2.75, 3.05) is 11.4 Å². The number of pyridine rings is 1. The van der Waals surface area contributed by atoms with Crippen molar-refractivity contribution < 1.29 is 12.9 Å². The highest BCUT2D eigenvalue weighted by atomic mass is 32.2. The zero-order valence-corrected chi connectivity index (χ0v) is 10.9. The number of aromatic nitrogens is 2. The van der Waals surface area contributed by atoms with Crippen LogP contribution in [0, 0.1) is 6.92 Å². The number of sulfonamides is 1. The highest BCUT2D eigenvalue weighted by Gasteiger charge is 2.22. The molecular formula is C11H13N3O3S. The highest BCUT2D eigenvalue weighted by Crippen LogP contribution is 2.17. The van der Waals surface area contributed by atoms with E-state index in [1.54, 1.807) is 31.3 Å². The molecule has 6 nitrogen and oxygen atoms in total. The summed E-state index contributed by atoms with van der Waals surface area (Å²) in [6, 6.07) is 5.09. The van der Waals surface area contributed by atoms with Crippen molar-refractivity contribution in [3.05, 3.63) is 41.9 Å². The minimum atomic E-state index is -3.51. The summed E-state index contributed by atoms with van der Waals surface area (Å²) in [4.78, 5) is 4.00. The summed E-state index contributed by atoms with van der Waals surface area (Å²) in [6.45, 7) is 1.75. The van der Waals surface area contributed by atoms with Gasteiger partial charge in [0.1, 0.15) is 23.5 Å². The maximum atomic E-state index is 12.2. The molecule has 0 N–H and O–H groups in total. The van der Waals surface area contributed by atoms with Crippen LogP contribution in [0.25, 0.3) is 0 Å². The third-order valence-corrected chi connectivity index (χ3v) is 4.22. The van der Waals surface area contributed by atoms with Gasteiger partial charge in [-0.1, -0.05) is 11.2 Å². The van der Waals surface area contributed by atoms with Gasteiger partial charge in [0.2, 0.25) is 10.0 Å². The third-order valence-electron chi connectivity index (χ3n) is 2.56. The molecule has 0 bridgehead atoms. The maximum Gasteiger partial charge on any atom is 0.241 e. The summed E-state index contributed by atoms with van der Waals surface area (Å²) in [7, 11) is -2.05. The molecule has 0 saturated heterocycles. The molecule has 0 radical (unpaired) electrons. The van der Waals surface area contributed by atoms with E-state index in [0.29, 0.717) is 17.1 Å². The van der Waals surface area contributed by atoms with Crippen LogP contribution in [0.2, 0.25) is 0 Å². The Morgan fingerprint density at radius 2 is 2.17 bits per heavy atom. The van der Waals surface area contributed by atoms with Crippen molar-refractivity contribution in [2.45, 2.75) is 12.7 Å². The predicted molar refractivity (Wildman–Crippen MR) is 66.5 cm³/mol. The Morgan fingerprint density at radius 1 is 1.39 bits per heavy atom. The molecular weight excluding hydrogens is 254 g/mol. The topological polar surface area (TPSA) is 76.3 Å². The van der Waals surface area contributed by atoms with Crippen LogP contribution in [-0.4, -0.2) is 25.6 Å². The van der Waals surface area contributed by atoms with E-state index < -0.39 is 10.0 Å². The van der Waals surface area contributed by atoms with E-state index in [9.17, 15) is 8.42 Å². The lowest BCUT2D eigenvalue weighted by Crippen LogP contribution is -2.28. The van der Waals surface area contributed by atoms with E-state index in [4.69, 9.17) is 4.52 Å². The minimum Gasteiger partial charge on any atom is -0.364 e. The number of nitrogens with zero attached hydrogens (tertiary/aromatic N) is 3. The smallest absolute Gasteiger partial charge is 0.241 e. The molecule has 2 aromatic rings. The van der Waals surface area contributed by atoms with Gasteiger partial charge in [0.05, 0.1) is 0 Å². The van der Waals surface area contributed by atoms with E-state index in [-0.39, 0.29) is 5.75 Å². The molecule has 0 aliphatic carbocycles. The molecule has 0 aromatic carbocycles. The van der Waals surface area contributed by atoms with E-state index in [2.05, 4.69) is 10.1 Å². The SMILES string of the molecule is Cc1conc1CS(=O)(=O)N(C)c1ccccn1. The van der Waals surface area contributed by atoms with Crippen LogP contribution >= 0.6 is 0 Å². The second kappa shape index (κ2) is 4.77. The van der Waals surface area contributed by atoms with Gasteiger partial charge in [-0.05, 0) is 19.1 Å². The van der Waals surface area contributed by atoms with Crippen molar-refractivity contribution >= 4 is 15.8 Å². The first-order valence-electron chi connectivity index (χ1n) is 5.28. The molecule has 2 aromatic heterocycles. The average Bonchev–Trinajstić information content (AvgIpc) is 2.74. The van der Waals surface area contributed by atoms with Gasteiger partial charge in [-0.15, -0.1) is 0 Å². The molecule has 96 valence electrons. The van der Waals surface area contributed by atoms with Gasteiger partial charge in [0.25, 0.3) is 0 Å². The van der Waals surface area contributed by atoms with Gasteiger partial charge in [0.15, 0.2) is 0 Å². The fourth-order valence-corrected chi connectivity index (χ4v) is 2.61. The van der Waals surface area contributed by atoms with Crippen LogP contribution in [0.15, 0.2) is 35.2 Å². The van der Waals surface area contributed by atoms with Crippen LogP contribution < -0.4 is 4.31 Å². The van der Waals surface area contributed by atoms with E-state index >= 15 is 0 Å². The first-order chi connectivity index (χ1) is 8.50. The summed E-state index contributed by atoms with van der Waals surface area (Å²) >= 11 is 0. The molecule has 0 saturated carbocycles. The van der Waals surface area contributed by atoms with Crippen LogP contribution in [0.5, 0.6) is 0 Å². The van der Waals surface area contributed by atoms with Crippen molar-refractivity contribution in [2.24, 2.45) is 0 Å². The lowest BCUT2D eigenvalue weighted by atomic mass is 10.3. The fraction of sp³-hybridized carbons (Fsp3) is 0.273. The molecule has 0 fully saturated rings. The number of anilines is 1. The third kappa shape index (κ3) is 2.51. The van der Waals surface area contributed by atoms with Gasteiger partial charge in [0, 0.05) is 18.8 Å². The zero-order chi connectivity index (χ0) is 13.2. The van der Waals surface area contributed by atoms with Crippen LogP contribution in [0.4, 0.5) is 5.82 Å². The highest BCUT2D eigenvalue weighted by molar-refractivity contribution is 7.92. The largest absolute Gasteiger partial charge is 0.364 e. The van der Waals surface area contributed by atoms with E-state index in [0.717, 1.165) is 4.31 Å². The Morgan fingerprint density at radius 3 is 2.72 bits per heavy atom. The van der Waals surface area contributed by atoms with E-state index in [1.165, 1.54) is 13.3 Å². The van der Waals surface area contributed by atoms with Crippen LogP contribution in [0.3, 0.4) is 0 Å². The number of aryl methyl sites for hydroxylation is 1. The summed E-state index contributed by atoms with van der Waals surface area (Å²) in [6.07, 6.45) is 2.97. The summed E-state index contributed by atoms with van der Waals surface area (Å²) in [5.74, 6) is 0.168. The van der Waals surface area contributed by atoms with E-state index in [1.807, 2.05) is 0 Å². The standard InChI is InChI=1S/C11H13N3O3S/c1-9-7-17-13-10(9)8-18(15,16)14(2)11-5-3-4-6-12-11/h3-7H,8H2,1-2H3. The van der Waals surface area contributed by atoms with Crippen molar-refractivity contribution in [3.8, 4) is 0 Å². The first-order valence-corrected chi connectivity index (χ1v) is 6.89. The molecule has 0 aliphatic rings. The van der Waals surface area contributed by atoms with Gasteiger partial charge in [-0.25, -0.2) is 13.4 Å². The Balaban J connectivity index is 2.24. The number of hydrogen-bond acceptors (Lipinski definition) is 5. The summed E-state index contributed by atoms with van der Waals surface area (Å²) < 4.78 is 30.2. The Hall–Kier alpha value is -1.89. The summed E-state index contributed by atoms with van der Waals surface area (Å²) in [5, 5.41) is 3.68. The molecule has 2 rings (SSSR count). The Labute approximate surface area is 105 Å². The number of rotatable bonds is 4. The zero-order valence-electron chi connectivity index (χ0n) is 10.1. The second-order valence-corrected chi connectivity index (χ2v) is 5.86. The maximum absolute atomic E-state index is 12.2. The molecule has 0 aliphatic heterocycles. The molecule has 18 heavy (non-hydrogen) atoms. The van der Waals surface area contributed by atoms with Crippen LogP contribution in [0.1, 0.15) is 11.3 Å². The quantitative estimate of drug-likeness (QED) is 0.835. The Bertz CT molecular complexity index is 622. The van der Waals surface area contributed by atoms with Crippen molar-refractivity contribution in [1.82, 2.24) is 10.1 Å². The normalized spacial score (nSPS) is 11.4. The molecule has 0 unspecified atom stereocenters. The number of hydrogen-bond donors (Lipinski definition) is 0. The van der Waals surface area contributed by atoms with Gasteiger partial charge in [-0.2, -0.15) is 0 Å². The second-order valence-electron chi connectivity index (χ2n) is 3.86. The predicted octanol–water partition coefficient (Wildman–Crippen LogP) is 1.34.